The summed E-state index contributed by atoms with van der Waals surface area (Å²) in [4.78, 5) is 0. The van der Waals surface area contributed by atoms with Gasteiger partial charge in [0.05, 0.1) is 5.02 Å². The van der Waals surface area contributed by atoms with Gasteiger partial charge in [-0.3, -0.25) is 0 Å². The number of aromatic hydroxyl groups is 1. The van der Waals surface area contributed by atoms with Crippen LogP contribution in [0.1, 0.15) is 5.56 Å². The van der Waals surface area contributed by atoms with E-state index in [4.69, 9.17) is 32.7 Å². The Morgan fingerprint density at radius 2 is 1.54 bits per heavy atom. The third-order valence-electron chi connectivity index (χ3n) is 3.27. The number of phenolic OH excluding ortho intramolecular Hbond substituents is 1. The quantitative estimate of drug-likeness (QED) is 0.599. The average molecular weight is 361 g/mol. The summed E-state index contributed by atoms with van der Waals surface area (Å²) in [7, 11) is 0. The highest BCUT2D eigenvalue weighted by Crippen LogP contribution is 2.28. The lowest BCUT2D eigenvalue weighted by Crippen LogP contribution is -1.96. The third kappa shape index (κ3) is 4.34. The molecule has 0 aromatic heterocycles. The van der Waals surface area contributed by atoms with E-state index in [1.165, 1.54) is 6.07 Å². The van der Waals surface area contributed by atoms with E-state index >= 15 is 0 Å². The largest absolute Gasteiger partial charge is 0.506 e. The van der Waals surface area contributed by atoms with Gasteiger partial charge < -0.3 is 14.6 Å². The van der Waals surface area contributed by atoms with Gasteiger partial charge >= 0.3 is 0 Å². The smallest absolute Gasteiger partial charge is 0.134 e. The summed E-state index contributed by atoms with van der Waals surface area (Å²) in [6.45, 7) is 0.360. The molecule has 0 unspecified atom stereocenters. The van der Waals surface area contributed by atoms with Gasteiger partial charge in [0.25, 0.3) is 0 Å². The minimum atomic E-state index is 0.0300. The van der Waals surface area contributed by atoms with Crippen molar-refractivity contribution in [3.05, 3.63) is 82.3 Å². The highest BCUT2D eigenvalue weighted by molar-refractivity contribution is 6.32. The van der Waals surface area contributed by atoms with Crippen molar-refractivity contribution >= 4 is 23.2 Å². The minimum Gasteiger partial charge on any atom is -0.506 e. The molecule has 0 saturated carbocycles. The number of benzene rings is 3. The van der Waals surface area contributed by atoms with Gasteiger partial charge in [0.2, 0.25) is 0 Å². The maximum atomic E-state index is 9.41. The molecule has 24 heavy (non-hydrogen) atoms. The van der Waals surface area contributed by atoms with Crippen LogP contribution in [0.5, 0.6) is 23.0 Å². The van der Waals surface area contributed by atoms with Crippen LogP contribution in [0.3, 0.4) is 0 Å². The summed E-state index contributed by atoms with van der Waals surface area (Å²) in [6.07, 6.45) is 0. The molecule has 3 aromatic rings. The molecule has 0 heterocycles. The normalized spacial score (nSPS) is 10.4. The van der Waals surface area contributed by atoms with Crippen molar-refractivity contribution in [3.8, 4) is 23.0 Å². The van der Waals surface area contributed by atoms with Crippen molar-refractivity contribution in [1.82, 2.24) is 0 Å². The van der Waals surface area contributed by atoms with Gasteiger partial charge in [-0.05, 0) is 54.1 Å². The number of rotatable bonds is 5. The molecule has 122 valence electrons. The topological polar surface area (TPSA) is 38.7 Å². The Balaban J connectivity index is 1.66. The third-order valence-corrected chi connectivity index (χ3v) is 3.83. The Morgan fingerprint density at radius 3 is 2.29 bits per heavy atom. The molecule has 0 aliphatic carbocycles. The lowest BCUT2D eigenvalue weighted by Gasteiger charge is -2.10. The predicted molar refractivity (Wildman–Crippen MR) is 95.4 cm³/mol. The first kappa shape index (κ1) is 16.5. The Morgan fingerprint density at radius 1 is 0.792 bits per heavy atom. The zero-order chi connectivity index (χ0) is 16.9. The molecule has 0 bridgehead atoms. The molecule has 0 amide bonds. The summed E-state index contributed by atoms with van der Waals surface area (Å²) >= 11 is 11.7. The summed E-state index contributed by atoms with van der Waals surface area (Å²) in [5.74, 6) is 2.04. The van der Waals surface area contributed by atoms with E-state index in [1.807, 2.05) is 36.4 Å². The molecule has 0 atom stereocenters. The molecule has 0 fully saturated rings. The van der Waals surface area contributed by atoms with E-state index < -0.39 is 0 Å². The van der Waals surface area contributed by atoms with Gasteiger partial charge in [-0.15, -0.1) is 0 Å². The van der Waals surface area contributed by atoms with Crippen molar-refractivity contribution in [1.29, 1.82) is 0 Å². The first-order valence-corrected chi connectivity index (χ1v) is 7.99. The molecule has 0 aliphatic rings. The van der Waals surface area contributed by atoms with E-state index in [2.05, 4.69) is 0 Å². The van der Waals surface area contributed by atoms with Crippen molar-refractivity contribution in [2.45, 2.75) is 6.61 Å². The van der Waals surface area contributed by atoms with Gasteiger partial charge in [-0.1, -0.05) is 35.3 Å². The van der Waals surface area contributed by atoms with Crippen molar-refractivity contribution in [2.75, 3.05) is 0 Å². The Labute approximate surface area is 150 Å². The number of hydrogen-bond acceptors (Lipinski definition) is 3. The van der Waals surface area contributed by atoms with Crippen LogP contribution in [-0.2, 0) is 6.61 Å². The standard InChI is InChI=1S/C19H14Cl2O3/c20-14-4-6-15(7-5-14)24-17-3-1-2-13(10-17)12-23-16-8-9-19(22)18(21)11-16/h1-11,22H,12H2. The molecule has 0 spiro atoms. The summed E-state index contributed by atoms with van der Waals surface area (Å²) in [6, 6.07) is 19.5. The number of hydrogen-bond donors (Lipinski definition) is 1. The second-order valence-corrected chi connectivity index (χ2v) is 5.95. The van der Waals surface area contributed by atoms with Gasteiger partial charge in [0.15, 0.2) is 0 Å². The van der Waals surface area contributed by atoms with E-state index in [1.54, 1.807) is 24.3 Å². The first-order valence-electron chi connectivity index (χ1n) is 7.24. The SMILES string of the molecule is Oc1ccc(OCc2cccc(Oc3ccc(Cl)cc3)c2)cc1Cl. The van der Waals surface area contributed by atoms with E-state index in [9.17, 15) is 5.11 Å². The molecular formula is C19H14Cl2O3. The zero-order valence-corrected chi connectivity index (χ0v) is 14.1. The van der Waals surface area contributed by atoms with Crippen LogP contribution >= 0.6 is 23.2 Å². The van der Waals surface area contributed by atoms with Crippen LogP contribution in [-0.4, -0.2) is 5.11 Å². The molecule has 3 nitrogen and oxygen atoms in total. The molecule has 0 aliphatic heterocycles. The molecule has 3 rings (SSSR count). The average Bonchev–Trinajstić information content (AvgIpc) is 2.58. The van der Waals surface area contributed by atoms with Gasteiger partial charge in [0.1, 0.15) is 29.6 Å². The molecule has 0 radical (unpaired) electrons. The van der Waals surface area contributed by atoms with E-state index in [0.29, 0.717) is 28.9 Å². The fourth-order valence-electron chi connectivity index (χ4n) is 2.08. The fourth-order valence-corrected chi connectivity index (χ4v) is 2.38. The second kappa shape index (κ2) is 7.47. The number of phenols is 1. The lowest BCUT2D eigenvalue weighted by atomic mass is 10.2. The Hall–Kier alpha value is -2.36. The van der Waals surface area contributed by atoms with Crippen LogP contribution in [0.4, 0.5) is 0 Å². The molecule has 3 aromatic carbocycles. The molecule has 0 saturated heterocycles. The van der Waals surface area contributed by atoms with Crippen LogP contribution in [0.15, 0.2) is 66.7 Å². The van der Waals surface area contributed by atoms with Crippen LogP contribution in [0.25, 0.3) is 0 Å². The molecule has 1 N–H and O–H groups in total. The first-order chi connectivity index (χ1) is 11.6. The highest BCUT2D eigenvalue weighted by atomic mass is 35.5. The van der Waals surface area contributed by atoms with Gasteiger partial charge in [0, 0.05) is 11.1 Å². The summed E-state index contributed by atoms with van der Waals surface area (Å²) < 4.78 is 11.5. The van der Waals surface area contributed by atoms with Crippen LogP contribution in [0, 0.1) is 0 Å². The number of halogens is 2. The lowest BCUT2D eigenvalue weighted by molar-refractivity contribution is 0.305. The van der Waals surface area contributed by atoms with Gasteiger partial charge in [-0.25, -0.2) is 0 Å². The van der Waals surface area contributed by atoms with Gasteiger partial charge in [-0.2, -0.15) is 0 Å². The Bertz CT molecular complexity index is 832. The van der Waals surface area contributed by atoms with E-state index in [-0.39, 0.29) is 10.8 Å². The maximum absolute atomic E-state index is 9.41. The van der Waals surface area contributed by atoms with Crippen LogP contribution < -0.4 is 9.47 Å². The highest BCUT2D eigenvalue weighted by Gasteiger charge is 2.03. The van der Waals surface area contributed by atoms with Crippen LogP contribution in [0.2, 0.25) is 10.0 Å². The molecule has 5 heteroatoms. The molecular weight excluding hydrogens is 347 g/mol. The monoisotopic (exact) mass is 360 g/mol. The van der Waals surface area contributed by atoms with Crippen molar-refractivity contribution < 1.29 is 14.6 Å². The van der Waals surface area contributed by atoms with Crippen molar-refractivity contribution in [3.63, 3.8) is 0 Å². The fraction of sp³-hybridized carbons (Fsp3) is 0.0526. The van der Waals surface area contributed by atoms with E-state index in [0.717, 1.165) is 5.56 Å². The summed E-state index contributed by atoms with van der Waals surface area (Å²) in [5, 5.41) is 10.3. The number of ether oxygens (including phenoxy) is 2. The minimum absolute atomic E-state index is 0.0300. The zero-order valence-electron chi connectivity index (χ0n) is 12.6. The Kier molecular flexibility index (Phi) is 5.14. The maximum Gasteiger partial charge on any atom is 0.134 e. The second-order valence-electron chi connectivity index (χ2n) is 5.11. The summed E-state index contributed by atoms with van der Waals surface area (Å²) in [5.41, 5.74) is 0.950. The predicted octanol–water partition coefficient (Wildman–Crippen LogP) is 6.07. The van der Waals surface area contributed by atoms with Crippen molar-refractivity contribution in [2.24, 2.45) is 0 Å².